The first kappa shape index (κ1) is 10.8. The van der Waals surface area contributed by atoms with Crippen molar-refractivity contribution in [3.63, 3.8) is 0 Å². The van der Waals surface area contributed by atoms with Gasteiger partial charge in [-0.25, -0.2) is 0 Å². The third kappa shape index (κ3) is 2.35. The number of aromatic nitrogens is 1. The zero-order chi connectivity index (χ0) is 10.7. The van der Waals surface area contributed by atoms with Crippen molar-refractivity contribution in [1.82, 2.24) is 4.98 Å². The summed E-state index contributed by atoms with van der Waals surface area (Å²) in [6.07, 6.45) is 3.06. The molecule has 6 heteroatoms. The fraction of sp³-hybridized carbons (Fsp3) is 0.250. The summed E-state index contributed by atoms with van der Waals surface area (Å²) in [6, 6.07) is 0. The van der Waals surface area contributed by atoms with Crippen molar-refractivity contribution in [1.29, 1.82) is 0 Å². The summed E-state index contributed by atoms with van der Waals surface area (Å²) in [4.78, 5) is 15.9. The van der Waals surface area contributed by atoms with E-state index in [1.807, 2.05) is 0 Å². The molecule has 0 aliphatic rings. The molecule has 0 fully saturated rings. The van der Waals surface area contributed by atoms with E-state index in [2.05, 4.69) is 20.9 Å². The van der Waals surface area contributed by atoms with Gasteiger partial charge in [0.15, 0.2) is 0 Å². The van der Waals surface area contributed by atoms with Gasteiger partial charge in [-0.3, -0.25) is 9.78 Å². The van der Waals surface area contributed by atoms with Crippen molar-refractivity contribution in [2.45, 2.75) is 0 Å². The van der Waals surface area contributed by atoms with Gasteiger partial charge in [0.2, 0.25) is 0 Å². The van der Waals surface area contributed by atoms with Crippen molar-refractivity contribution >= 4 is 33.3 Å². The Bertz CT molecular complexity index is 336. The maximum absolute atomic E-state index is 10.5. The molecular weight excluding hydrogens is 250 g/mol. The summed E-state index contributed by atoms with van der Waals surface area (Å²) in [6.45, 7) is -0.104. The number of hydrogen-bond acceptors (Lipinski definition) is 4. The number of likely N-dealkylation sites (N-methyl/N-ethyl adjacent to an activating group) is 1. The van der Waals surface area contributed by atoms with Crippen LogP contribution in [0.5, 0.6) is 0 Å². The number of nitrogen functional groups attached to an aromatic ring is 1. The van der Waals surface area contributed by atoms with Crippen LogP contribution >= 0.6 is 15.9 Å². The molecule has 0 radical (unpaired) electrons. The lowest BCUT2D eigenvalue weighted by Crippen LogP contribution is -2.26. The number of halogens is 1. The van der Waals surface area contributed by atoms with Gasteiger partial charge in [0.1, 0.15) is 6.54 Å². The van der Waals surface area contributed by atoms with Crippen molar-refractivity contribution in [2.75, 3.05) is 24.2 Å². The Morgan fingerprint density at radius 1 is 1.71 bits per heavy atom. The molecule has 0 aliphatic carbocycles. The van der Waals surface area contributed by atoms with E-state index < -0.39 is 5.97 Å². The predicted octanol–water partition coefficient (Wildman–Crippen LogP) is 0.947. The third-order valence-corrected chi connectivity index (χ3v) is 2.24. The lowest BCUT2D eigenvalue weighted by atomic mass is 10.3. The molecule has 14 heavy (non-hydrogen) atoms. The Labute approximate surface area is 89.7 Å². The van der Waals surface area contributed by atoms with Crippen LogP contribution in [0.1, 0.15) is 0 Å². The summed E-state index contributed by atoms with van der Waals surface area (Å²) in [5, 5.41) is 8.61. The summed E-state index contributed by atoms with van der Waals surface area (Å²) < 4.78 is 0.682. The standard InChI is InChI=1S/C8H10BrN3O2/c1-12(4-7(13)14)8-5(9)2-11-3-6(8)10/h2-3H,4,10H2,1H3,(H,13,14). The van der Waals surface area contributed by atoms with Crippen molar-refractivity contribution in [3.8, 4) is 0 Å². The molecule has 1 aromatic heterocycles. The van der Waals surface area contributed by atoms with Crippen LogP contribution in [0.25, 0.3) is 0 Å². The van der Waals surface area contributed by atoms with E-state index in [1.54, 1.807) is 18.1 Å². The highest BCUT2D eigenvalue weighted by atomic mass is 79.9. The van der Waals surface area contributed by atoms with Gasteiger partial charge in [0, 0.05) is 13.2 Å². The average Bonchev–Trinajstić information content (AvgIpc) is 2.01. The SMILES string of the molecule is CN(CC(=O)O)c1c(N)cncc1Br. The molecule has 0 aliphatic heterocycles. The summed E-state index contributed by atoms with van der Waals surface area (Å²) in [5.74, 6) is -0.907. The molecule has 0 bridgehead atoms. The van der Waals surface area contributed by atoms with E-state index in [1.165, 1.54) is 6.20 Å². The number of nitrogens with two attached hydrogens (primary N) is 1. The van der Waals surface area contributed by atoms with Gasteiger partial charge < -0.3 is 15.7 Å². The Balaban J connectivity index is 2.99. The minimum absolute atomic E-state index is 0.104. The van der Waals surface area contributed by atoms with Gasteiger partial charge in [-0.1, -0.05) is 0 Å². The zero-order valence-corrected chi connectivity index (χ0v) is 9.15. The van der Waals surface area contributed by atoms with Gasteiger partial charge in [-0.05, 0) is 15.9 Å². The Morgan fingerprint density at radius 2 is 2.36 bits per heavy atom. The number of carboxylic acids is 1. The van der Waals surface area contributed by atoms with Crippen molar-refractivity contribution in [3.05, 3.63) is 16.9 Å². The molecule has 76 valence electrons. The van der Waals surface area contributed by atoms with Gasteiger partial charge in [0.25, 0.3) is 0 Å². The number of aliphatic carboxylic acids is 1. The highest BCUT2D eigenvalue weighted by Gasteiger charge is 2.12. The van der Waals surface area contributed by atoms with E-state index in [9.17, 15) is 4.79 Å². The van der Waals surface area contributed by atoms with E-state index >= 15 is 0 Å². The molecule has 0 aromatic carbocycles. The quantitative estimate of drug-likeness (QED) is 0.845. The van der Waals surface area contributed by atoms with Crippen LogP contribution in [0.3, 0.4) is 0 Å². The van der Waals surface area contributed by atoms with Crippen LogP contribution in [0.2, 0.25) is 0 Å². The number of pyridine rings is 1. The van der Waals surface area contributed by atoms with Crippen LogP contribution in [0, 0.1) is 0 Å². The number of carbonyl (C=O) groups is 1. The maximum Gasteiger partial charge on any atom is 0.323 e. The second-order valence-electron chi connectivity index (χ2n) is 2.81. The number of rotatable bonds is 3. The molecule has 0 amide bonds. The molecule has 0 atom stereocenters. The van der Waals surface area contributed by atoms with Crippen LogP contribution < -0.4 is 10.6 Å². The molecule has 0 saturated carbocycles. The van der Waals surface area contributed by atoms with Crippen molar-refractivity contribution < 1.29 is 9.90 Å². The largest absolute Gasteiger partial charge is 0.480 e. The van der Waals surface area contributed by atoms with E-state index in [4.69, 9.17) is 10.8 Å². The predicted molar refractivity (Wildman–Crippen MR) is 57.3 cm³/mol. The van der Waals surface area contributed by atoms with Crippen LogP contribution in [-0.4, -0.2) is 29.7 Å². The Kier molecular flexibility index (Phi) is 3.29. The lowest BCUT2D eigenvalue weighted by molar-refractivity contribution is -0.135. The second-order valence-corrected chi connectivity index (χ2v) is 3.66. The van der Waals surface area contributed by atoms with Gasteiger partial charge >= 0.3 is 5.97 Å². The third-order valence-electron chi connectivity index (χ3n) is 1.66. The Morgan fingerprint density at radius 3 is 2.86 bits per heavy atom. The monoisotopic (exact) mass is 259 g/mol. The molecule has 3 N–H and O–H groups in total. The maximum atomic E-state index is 10.5. The molecule has 5 nitrogen and oxygen atoms in total. The van der Waals surface area contributed by atoms with Crippen LogP contribution in [0.4, 0.5) is 11.4 Å². The second kappa shape index (κ2) is 4.28. The van der Waals surface area contributed by atoms with Crippen LogP contribution in [-0.2, 0) is 4.79 Å². The fourth-order valence-electron chi connectivity index (χ4n) is 1.13. The normalized spacial score (nSPS) is 9.86. The minimum Gasteiger partial charge on any atom is -0.480 e. The van der Waals surface area contributed by atoms with E-state index in [-0.39, 0.29) is 6.54 Å². The number of hydrogen-bond donors (Lipinski definition) is 2. The first-order valence-corrected chi connectivity index (χ1v) is 4.63. The average molecular weight is 260 g/mol. The van der Waals surface area contributed by atoms with Crippen molar-refractivity contribution in [2.24, 2.45) is 0 Å². The first-order valence-electron chi connectivity index (χ1n) is 3.84. The molecule has 0 spiro atoms. The van der Waals surface area contributed by atoms with Crippen LogP contribution in [0.15, 0.2) is 16.9 Å². The topological polar surface area (TPSA) is 79.5 Å². The van der Waals surface area contributed by atoms with Gasteiger partial charge in [0.05, 0.1) is 22.0 Å². The molecule has 0 unspecified atom stereocenters. The van der Waals surface area contributed by atoms with Gasteiger partial charge in [-0.2, -0.15) is 0 Å². The van der Waals surface area contributed by atoms with E-state index in [0.29, 0.717) is 15.8 Å². The van der Waals surface area contributed by atoms with E-state index in [0.717, 1.165) is 0 Å². The fourth-order valence-corrected chi connectivity index (χ4v) is 1.78. The smallest absolute Gasteiger partial charge is 0.323 e. The highest BCUT2D eigenvalue weighted by molar-refractivity contribution is 9.10. The number of carboxylic acid groups (broad SMARTS) is 1. The zero-order valence-electron chi connectivity index (χ0n) is 7.57. The summed E-state index contributed by atoms with van der Waals surface area (Å²) in [5.41, 5.74) is 6.76. The molecule has 1 heterocycles. The molecular formula is C8H10BrN3O2. The number of anilines is 2. The molecule has 1 rings (SSSR count). The Hall–Kier alpha value is -1.30. The molecule has 0 saturated heterocycles. The minimum atomic E-state index is -0.907. The number of nitrogens with zero attached hydrogens (tertiary/aromatic N) is 2. The summed E-state index contributed by atoms with van der Waals surface area (Å²) in [7, 11) is 1.66. The lowest BCUT2D eigenvalue weighted by Gasteiger charge is -2.19. The molecule has 1 aromatic rings. The van der Waals surface area contributed by atoms with Gasteiger partial charge in [-0.15, -0.1) is 0 Å². The highest BCUT2D eigenvalue weighted by Crippen LogP contribution is 2.29. The summed E-state index contributed by atoms with van der Waals surface area (Å²) >= 11 is 3.26. The first-order chi connectivity index (χ1) is 6.52.